The molecule has 1 fully saturated rings. The summed E-state index contributed by atoms with van der Waals surface area (Å²) >= 11 is 6.19. The number of anilines is 3. The molecule has 3 rings (SSSR count). The van der Waals surface area contributed by atoms with E-state index in [4.69, 9.17) is 11.6 Å². The van der Waals surface area contributed by atoms with Gasteiger partial charge in [0.15, 0.2) is 0 Å². The fourth-order valence-corrected chi connectivity index (χ4v) is 2.78. The van der Waals surface area contributed by atoms with Crippen molar-refractivity contribution in [1.29, 1.82) is 0 Å². The summed E-state index contributed by atoms with van der Waals surface area (Å²) in [4.78, 5) is 11.4. The van der Waals surface area contributed by atoms with Gasteiger partial charge in [-0.05, 0) is 38.3 Å². The molecule has 2 aromatic rings. The van der Waals surface area contributed by atoms with Crippen LogP contribution in [0.2, 0.25) is 5.02 Å². The molecule has 1 saturated heterocycles. The number of nitrogens with zero attached hydrogens (tertiary/aromatic N) is 3. The Labute approximate surface area is 130 Å². The van der Waals surface area contributed by atoms with Crippen molar-refractivity contribution in [3.63, 3.8) is 0 Å². The van der Waals surface area contributed by atoms with Gasteiger partial charge in [-0.2, -0.15) is 0 Å². The Morgan fingerprint density at radius 2 is 1.86 bits per heavy atom. The van der Waals surface area contributed by atoms with Gasteiger partial charge in [0.25, 0.3) is 0 Å². The molecule has 21 heavy (non-hydrogen) atoms. The molecule has 4 nitrogen and oxygen atoms in total. The van der Waals surface area contributed by atoms with Crippen molar-refractivity contribution in [2.24, 2.45) is 0 Å². The van der Waals surface area contributed by atoms with Crippen molar-refractivity contribution in [2.75, 3.05) is 23.3 Å². The summed E-state index contributed by atoms with van der Waals surface area (Å²) in [5.74, 6) is 2.56. The van der Waals surface area contributed by atoms with Gasteiger partial charge in [0.05, 0.1) is 10.7 Å². The van der Waals surface area contributed by atoms with E-state index < -0.39 is 0 Å². The topological polar surface area (TPSA) is 41.1 Å². The third kappa shape index (κ3) is 3.45. The number of piperidine rings is 1. The molecular weight excluding hydrogens is 284 g/mol. The minimum Gasteiger partial charge on any atom is -0.356 e. The first-order valence-corrected chi connectivity index (χ1v) is 7.72. The first-order chi connectivity index (χ1) is 10.2. The molecule has 0 atom stereocenters. The fraction of sp³-hybridized carbons (Fsp3) is 0.375. The highest BCUT2D eigenvalue weighted by Gasteiger charge is 2.14. The first-order valence-electron chi connectivity index (χ1n) is 7.34. The predicted octanol–water partition coefficient (Wildman–Crippen LogP) is 4.17. The number of aryl methyl sites for hydroxylation is 1. The van der Waals surface area contributed by atoms with Crippen LogP contribution in [0.25, 0.3) is 0 Å². The molecule has 5 heteroatoms. The molecule has 1 aromatic carbocycles. The maximum atomic E-state index is 6.19. The van der Waals surface area contributed by atoms with E-state index in [1.165, 1.54) is 19.3 Å². The van der Waals surface area contributed by atoms with E-state index in [2.05, 4.69) is 20.2 Å². The number of halogens is 1. The Morgan fingerprint density at radius 1 is 1.10 bits per heavy atom. The summed E-state index contributed by atoms with van der Waals surface area (Å²) in [5, 5.41) is 3.97. The van der Waals surface area contributed by atoms with Crippen molar-refractivity contribution in [2.45, 2.75) is 26.2 Å². The maximum absolute atomic E-state index is 6.19. The average Bonchev–Trinajstić information content (AvgIpc) is 2.50. The fourth-order valence-electron chi connectivity index (χ4n) is 2.60. The van der Waals surface area contributed by atoms with E-state index in [0.717, 1.165) is 36.2 Å². The van der Waals surface area contributed by atoms with E-state index in [9.17, 15) is 0 Å². The smallest absolute Gasteiger partial charge is 0.136 e. The summed E-state index contributed by atoms with van der Waals surface area (Å²) in [6.07, 6.45) is 3.78. The molecule has 0 spiro atoms. The minimum atomic E-state index is 0.688. The highest BCUT2D eigenvalue weighted by atomic mass is 35.5. The van der Waals surface area contributed by atoms with E-state index in [1.54, 1.807) is 0 Å². The number of benzene rings is 1. The van der Waals surface area contributed by atoms with Crippen LogP contribution in [0.15, 0.2) is 30.3 Å². The Bertz CT molecular complexity index is 623. The SMILES string of the molecule is Cc1nc(Nc2ccccc2Cl)cc(N2CCCCC2)n1. The van der Waals surface area contributed by atoms with E-state index in [-0.39, 0.29) is 0 Å². The second-order valence-electron chi connectivity index (χ2n) is 5.31. The van der Waals surface area contributed by atoms with E-state index in [0.29, 0.717) is 5.02 Å². The van der Waals surface area contributed by atoms with Gasteiger partial charge in [0.2, 0.25) is 0 Å². The van der Waals surface area contributed by atoms with Gasteiger partial charge in [-0.1, -0.05) is 23.7 Å². The summed E-state index contributed by atoms with van der Waals surface area (Å²) in [5.41, 5.74) is 0.863. The van der Waals surface area contributed by atoms with Crippen LogP contribution in [-0.2, 0) is 0 Å². The Kier molecular flexibility index (Phi) is 4.25. The van der Waals surface area contributed by atoms with Crippen LogP contribution < -0.4 is 10.2 Å². The summed E-state index contributed by atoms with van der Waals surface area (Å²) in [6, 6.07) is 9.68. The molecule has 1 N–H and O–H groups in total. The molecule has 1 aliphatic rings. The average molecular weight is 303 g/mol. The predicted molar refractivity (Wildman–Crippen MR) is 87.6 cm³/mol. The van der Waals surface area contributed by atoms with Gasteiger partial charge in [-0.25, -0.2) is 9.97 Å². The number of hydrogen-bond acceptors (Lipinski definition) is 4. The lowest BCUT2D eigenvalue weighted by atomic mass is 10.1. The quantitative estimate of drug-likeness (QED) is 0.924. The van der Waals surface area contributed by atoms with E-state index in [1.807, 2.05) is 37.3 Å². The second-order valence-corrected chi connectivity index (χ2v) is 5.72. The van der Waals surface area contributed by atoms with Crippen LogP contribution in [-0.4, -0.2) is 23.1 Å². The van der Waals surface area contributed by atoms with Crippen LogP contribution in [0.3, 0.4) is 0 Å². The van der Waals surface area contributed by atoms with Gasteiger partial charge < -0.3 is 10.2 Å². The van der Waals surface area contributed by atoms with Gasteiger partial charge in [-0.15, -0.1) is 0 Å². The number of nitrogens with one attached hydrogen (secondary N) is 1. The van der Waals surface area contributed by atoms with Crippen molar-refractivity contribution in [3.05, 3.63) is 41.2 Å². The molecule has 0 saturated carbocycles. The molecule has 0 radical (unpaired) electrons. The lowest BCUT2D eigenvalue weighted by Gasteiger charge is -2.28. The number of hydrogen-bond donors (Lipinski definition) is 1. The van der Waals surface area contributed by atoms with Crippen LogP contribution in [0.5, 0.6) is 0 Å². The monoisotopic (exact) mass is 302 g/mol. The van der Waals surface area contributed by atoms with Crippen molar-refractivity contribution >= 4 is 28.9 Å². The lowest BCUT2D eigenvalue weighted by molar-refractivity contribution is 0.572. The Morgan fingerprint density at radius 3 is 2.62 bits per heavy atom. The third-order valence-corrected chi connectivity index (χ3v) is 3.97. The third-order valence-electron chi connectivity index (χ3n) is 3.64. The molecule has 0 unspecified atom stereocenters. The number of rotatable bonds is 3. The van der Waals surface area contributed by atoms with Crippen molar-refractivity contribution in [3.8, 4) is 0 Å². The van der Waals surface area contributed by atoms with Crippen LogP contribution in [0.4, 0.5) is 17.3 Å². The molecule has 0 bridgehead atoms. The minimum absolute atomic E-state index is 0.688. The largest absolute Gasteiger partial charge is 0.356 e. The van der Waals surface area contributed by atoms with Gasteiger partial charge in [0.1, 0.15) is 17.5 Å². The van der Waals surface area contributed by atoms with Crippen LogP contribution >= 0.6 is 11.6 Å². The lowest BCUT2D eigenvalue weighted by Crippen LogP contribution is -2.30. The van der Waals surface area contributed by atoms with Crippen molar-refractivity contribution < 1.29 is 0 Å². The highest BCUT2D eigenvalue weighted by Crippen LogP contribution is 2.26. The molecule has 110 valence electrons. The van der Waals surface area contributed by atoms with Gasteiger partial charge in [-0.3, -0.25) is 0 Å². The second kappa shape index (κ2) is 6.31. The zero-order chi connectivity index (χ0) is 14.7. The van der Waals surface area contributed by atoms with Gasteiger partial charge >= 0.3 is 0 Å². The van der Waals surface area contributed by atoms with Crippen LogP contribution in [0, 0.1) is 6.92 Å². The van der Waals surface area contributed by atoms with E-state index >= 15 is 0 Å². The first kappa shape index (κ1) is 14.1. The molecule has 1 aromatic heterocycles. The molecule has 0 amide bonds. The zero-order valence-electron chi connectivity index (χ0n) is 12.1. The number of aromatic nitrogens is 2. The molecule has 1 aliphatic heterocycles. The molecule has 2 heterocycles. The zero-order valence-corrected chi connectivity index (χ0v) is 12.9. The number of para-hydroxylation sites is 1. The Hall–Kier alpha value is -1.81. The molecular formula is C16H19ClN4. The maximum Gasteiger partial charge on any atom is 0.136 e. The van der Waals surface area contributed by atoms with Gasteiger partial charge in [0, 0.05) is 19.2 Å². The standard InChI is InChI=1S/C16H19ClN4/c1-12-18-15(20-14-8-4-3-7-13(14)17)11-16(19-12)21-9-5-2-6-10-21/h3-4,7-8,11H,2,5-6,9-10H2,1H3,(H,18,19,20). The highest BCUT2D eigenvalue weighted by molar-refractivity contribution is 6.33. The van der Waals surface area contributed by atoms with Crippen LogP contribution in [0.1, 0.15) is 25.1 Å². The molecule has 0 aliphatic carbocycles. The summed E-state index contributed by atoms with van der Waals surface area (Å²) in [7, 11) is 0. The van der Waals surface area contributed by atoms with Crippen molar-refractivity contribution in [1.82, 2.24) is 9.97 Å². The normalized spacial score (nSPS) is 15.0. The Balaban J connectivity index is 1.85. The summed E-state index contributed by atoms with van der Waals surface area (Å²) < 4.78 is 0. The summed E-state index contributed by atoms with van der Waals surface area (Å²) in [6.45, 7) is 4.06.